The molecule has 0 radical (unpaired) electrons. The zero-order valence-electron chi connectivity index (χ0n) is 15.8. The second-order valence-electron chi connectivity index (χ2n) is 6.73. The average molecular weight is 346 g/mol. The first kappa shape index (κ1) is 18.1. The summed E-state index contributed by atoms with van der Waals surface area (Å²) in [5.41, 5.74) is 4.69. The van der Waals surface area contributed by atoms with Crippen molar-refractivity contribution in [3.63, 3.8) is 0 Å². The molecule has 3 heteroatoms. The van der Waals surface area contributed by atoms with E-state index >= 15 is 0 Å². The first-order valence-electron chi connectivity index (χ1n) is 9.40. The van der Waals surface area contributed by atoms with E-state index in [1.807, 2.05) is 47.4 Å². The number of nitrogens with zero attached hydrogens (tertiary/aromatic N) is 2. The summed E-state index contributed by atoms with van der Waals surface area (Å²) < 4.78 is 0. The predicted molar refractivity (Wildman–Crippen MR) is 108 cm³/mol. The molecule has 0 saturated heterocycles. The molecule has 0 spiro atoms. The summed E-state index contributed by atoms with van der Waals surface area (Å²) in [5.74, 6) is 0.0983. The zero-order chi connectivity index (χ0) is 18.5. The Labute approximate surface area is 155 Å². The van der Waals surface area contributed by atoms with E-state index in [1.54, 1.807) is 0 Å². The highest BCUT2D eigenvalue weighted by atomic mass is 16.2. The summed E-state index contributed by atoms with van der Waals surface area (Å²) in [6.07, 6.45) is 1.92. The average Bonchev–Trinajstić information content (AvgIpc) is 2.66. The highest BCUT2D eigenvalue weighted by molar-refractivity contribution is 6.07. The number of carbonyl (C=O) groups is 1. The quantitative estimate of drug-likeness (QED) is 0.593. The summed E-state index contributed by atoms with van der Waals surface area (Å²) in [7, 11) is 0. The van der Waals surface area contributed by atoms with E-state index < -0.39 is 0 Å². The fraction of sp³-hybridized carbons (Fsp3) is 0.304. The fourth-order valence-corrected chi connectivity index (χ4v) is 3.33. The van der Waals surface area contributed by atoms with Gasteiger partial charge in [0, 0.05) is 24.0 Å². The highest BCUT2D eigenvalue weighted by Crippen LogP contribution is 2.26. The van der Waals surface area contributed by atoms with Gasteiger partial charge in [-0.05, 0) is 38.0 Å². The Hall–Kier alpha value is -2.68. The molecule has 3 rings (SSSR count). The fourth-order valence-electron chi connectivity index (χ4n) is 3.33. The zero-order valence-corrected chi connectivity index (χ0v) is 15.8. The van der Waals surface area contributed by atoms with Crippen LogP contribution in [0.15, 0.2) is 54.6 Å². The van der Waals surface area contributed by atoms with Crippen molar-refractivity contribution in [3.8, 4) is 11.3 Å². The second-order valence-corrected chi connectivity index (χ2v) is 6.73. The maximum absolute atomic E-state index is 13.3. The van der Waals surface area contributed by atoms with Gasteiger partial charge < -0.3 is 4.90 Å². The van der Waals surface area contributed by atoms with Crippen molar-refractivity contribution in [2.24, 2.45) is 0 Å². The maximum atomic E-state index is 13.3. The minimum Gasteiger partial charge on any atom is -0.339 e. The molecule has 1 amide bonds. The monoisotopic (exact) mass is 346 g/mol. The number of aromatic nitrogens is 1. The van der Waals surface area contributed by atoms with Crippen molar-refractivity contribution >= 4 is 16.8 Å². The molecular formula is C23H26N2O. The van der Waals surface area contributed by atoms with Crippen LogP contribution in [0.3, 0.4) is 0 Å². The van der Waals surface area contributed by atoms with Gasteiger partial charge in [-0.1, -0.05) is 55.8 Å². The Morgan fingerprint density at radius 3 is 2.38 bits per heavy atom. The Morgan fingerprint density at radius 1 is 0.962 bits per heavy atom. The van der Waals surface area contributed by atoms with Crippen LogP contribution in [-0.2, 0) is 0 Å². The van der Waals surface area contributed by atoms with Gasteiger partial charge in [-0.3, -0.25) is 4.79 Å². The molecular weight excluding hydrogens is 320 g/mol. The van der Waals surface area contributed by atoms with Crippen molar-refractivity contribution < 1.29 is 4.79 Å². The lowest BCUT2D eigenvalue weighted by Crippen LogP contribution is -2.32. The van der Waals surface area contributed by atoms with Gasteiger partial charge in [-0.15, -0.1) is 0 Å². The lowest BCUT2D eigenvalue weighted by molar-refractivity contribution is 0.0757. The van der Waals surface area contributed by atoms with Crippen LogP contribution in [0.25, 0.3) is 22.2 Å². The SMILES string of the molecule is CCCN(CCC)C(=O)c1cc(-c2cccc(C)c2)nc2ccccc12. The van der Waals surface area contributed by atoms with Crippen LogP contribution in [0.2, 0.25) is 0 Å². The summed E-state index contributed by atoms with van der Waals surface area (Å²) >= 11 is 0. The number of hydrogen-bond acceptors (Lipinski definition) is 2. The van der Waals surface area contributed by atoms with Crippen LogP contribution >= 0.6 is 0 Å². The lowest BCUT2D eigenvalue weighted by atomic mass is 10.0. The topological polar surface area (TPSA) is 33.2 Å². The van der Waals surface area contributed by atoms with Crippen molar-refractivity contribution in [2.45, 2.75) is 33.6 Å². The van der Waals surface area contributed by atoms with Crippen LogP contribution < -0.4 is 0 Å². The van der Waals surface area contributed by atoms with E-state index in [-0.39, 0.29) is 5.91 Å². The van der Waals surface area contributed by atoms with Gasteiger partial charge in [0.15, 0.2) is 0 Å². The van der Waals surface area contributed by atoms with E-state index in [1.165, 1.54) is 5.56 Å². The molecule has 1 aromatic heterocycles. The van der Waals surface area contributed by atoms with Crippen LogP contribution in [0.4, 0.5) is 0 Å². The summed E-state index contributed by atoms with van der Waals surface area (Å²) in [6, 6.07) is 18.1. The minimum absolute atomic E-state index is 0.0983. The van der Waals surface area contributed by atoms with Crippen LogP contribution in [0.5, 0.6) is 0 Å². The van der Waals surface area contributed by atoms with Gasteiger partial charge in [0.1, 0.15) is 0 Å². The standard InChI is InChI=1S/C23H26N2O/c1-4-13-25(14-5-2)23(26)20-16-22(18-10-8-9-17(3)15-18)24-21-12-7-6-11-19(20)21/h6-12,15-16H,4-5,13-14H2,1-3H3. The number of pyridine rings is 1. The van der Waals surface area contributed by atoms with Crippen LogP contribution in [-0.4, -0.2) is 28.9 Å². The molecule has 0 aliphatic rings. The minimum atomic E-state index is 0.0983. The summed E-state index contributed by atoms with van der Waals surface area (Å²) in [6.45, 7) is 7.85. The smallest absolute Gasteiger partial charge is 0.254 e. The third kappa shape index (κ3) is 3.77. The van der Waals surface area contributed by atoms with Gasteiger partial charge in [0.05, 0.1) is 16.8 Å². The number of rotatable bonds is 6. The van der Waals surface area contributed by atoms with Crippen LogP contribution in [0, 0.1) is 6.92 Å². The number of aryl methyl sites for hydroxylation is 1. The van der Waals surface area contributed by atoms with E-state index in [4.69, 9.17) is 4.98 Å². The molecule has 3 aromatic rings. The van der Waals surface area contributed by atoms with Gasteiger partial charge in [0.25, 0.3) is 5.91 Å². The van der Waals surface area contributed by atoms with Gasteiger partial charge >= 0.3 is 0 Å². The number of carbonyl (C=O) groups excluding carboxylic acids is 1. The van der Waals surface area contributed by atoms with E-state index in [9.17, 15) is 4.79 Å². The van der Waals surface area contributed by atoms with Crippen molar-refractivity contribution in [3.05, 3.63) is 65.7 Å². The van der Waals surface area contributed by atoms with E-state index in [2.05, 4.69) is 32.9 Å². The third-order valence-corrected chi connectivity index (χ3v) is 4.53. The largest absolute Gasteiger partial charge is 0.339 e. The number of benzene rings is 2. The Bertz CT molecular complexity index is 911. The predicted octanol–water partition coefficient (Wildman–Crippen LogP) is 5.47. The first-order valence-corrected chi connectivity index (χ1v) is 9.40. The molecule has 3 nitrogen and oxygen atoms in total. The Morgan fingerprint density at radius 2 is 1.69 bits per heavy atom. The molecule has 0 unspecified atom stereocenters. The number of para-hydroxylation sites is 1. The van der Waals surface area contributed by atoms with Crippen molar-refractivity contribution in [1.82, 2.24) is 9.88 Å². The number of amides is 1. The third-order valence-electron chi connectivity index (χ3n) is 4.53. The summed E-state index contributed by atoms with van der Waals surface area (Å²) in [5, 5.41) is 0.922. The molecule has 0 N–H and O–H groups in total. The second kappa shape index (κ2) is 8.13. The van der Waals surface area contributed by atoms with Gasteiger partial charge in [-0.25, -0.2) is 4.98 Å². The Balaban J connectivity index is 2.15. The molecule has 2 aromatic carbocycles. The number of hydrogen-bond donors (Lipinski definition) is 0. The molecule has 0 aliphatic carbocycles. The molecule has 134 valence electrons. The molecule has 26 heavy (non-hydrogen) atoms. The van der Waals surface area contributed by atoms with Gasteiger partial charge in [0.2, 0.25) is 0 Å². The Kier molecular flexibility index (Phi) is 5.67. The summed E-state index contributed by atoms with van der Waals surface area (Å²) in [4.78, 5) is 20.1. The normalized spacial score (nSPS) is 10.9. The molecule has 0 saturated carbocycles. The molecule has 1 heterocycles. The molecule has 0 bridgehead atoms. The molecule has 0 aliphatic heterocycles. The van der Waals surface area contributed by atoms with Gasteiger partial charge in [-0.2, -0.15) is 0 Å². The first-order chi connectivity index (χ1) is 12.6. The highest BCUT2D eigenvalue weighted by Gasteiger charge is 2.19. The van der Waals surface area contributed by atoms with Crippen molar-refractivity contribution in [2.75, 3.05) is 13.1 Å². The van der Waals surface area contributed by atoms with Crippen LogP contribution in [0.1, 0.15) is 42.6 Å². The van der Waals surface area contributed by atoms with E-state index in [0.717, 1.165) is 53.7 Å². The lowest BCUT2D eigenvalue weighted by Gasteiger charge is -2.22. The number of fused-ring (bicyclic) bond motifs is 1. The molecule has 0 fully saturated rings. The molecule has 0 atom stereocenters. The van der Waals surface area contributed by atoms with E-state index in [0.29, 0.717) is 0 Å². The maximum Gasteiger partial charge on any atom is 0.254 e. The van der Waals surface area contributed by atoms with Crippen molar-refractivity contribution in [1.29, 1.82) is 0 Å².